The monoisotopic (exact) mass is 701 g/mol. The highest BCUT2D eigenvalue weighted by Gasteiger charge is 2.37. The summed E-state index contributed by atoms with van der Waals surface area (Å²) in [7, 11) is 3.99. The third-order valence-corrected chi connectivity index (χ3v) is 9.70. The second kappa shape index (κ2) is 17.3. The van der Waals surface area contributed by atoms with Gasteiger partial charge in [0.1, 0.15) is 17.4 Å². The standard InChI is InChI=1S/C22H17Cl3O.C11H13N3.C8H16/c1-15(26)14-22(16-2-8-19(23)9-3-16,17-4-10-20(24)11-5-17)18-6-12-21(25)13-7-18;1-8-12-10-7-5-4-6-9(10)11(13-8)14(2)3;1-7-3-5-8(2)6-4-7/h2-13H,14H2,1H3;4-7H,1-3H3;7-8H,3-6H2,1-2H3. The number of para-hydroxylation sites is 1. The lowest BCUT2D eigenvalue weighted by atomic mass is 9.66. The number of benzene rings is 4. The number of carbonyl (C=O) groups is 1. The molecule has 0 spiro atoms. The number of nitrogens with zero attached hydrogens (tertiary/aromatic N) is 3. The highest BCUT2D eigenvalue weighted by molar-refractivity contribution is 6.31. The molecule has 0 unspecified atom stereocenters. The van der Waals surface area contributed by atoms with E-state index in [2.05, 4.69) is 23.8 Å². The summed E-state index contributed by atoms with van der Waals surface area (Å²) in [5.74, 6) is 3.92. The minimum absolute atomic E-state index is 0.0878. The van der Waals surface area contributed by atoms with Crippen molar-refractivity contribution in [3.63, 3.8) is 0 Å². The summed E-state index contributed by atoms with van der Waals surface area (Å²) in [6.45, 7) is 8.26. The lowest BCUT2D eigenvalue weighted by Crippen LogP contribution is -2.31. The van der Waals surface area contributed by atoms with Gasteiger partial charge in [-0.1, -0.05) is 123 Å². The van der Waals surface area contributed by atoms with E-state index in [0.29, 0.717) is 21.5 Å². The zero-order valence-corrected chi connectivity index (χ0v) is 31.1. The van der Waals surface area contributed by atoms with Crippen LogP contribution < -0.4 is 4.90 Å². The van der Waals surface area contributed by atoms with Crippen LogP contribution in [0.4, 0.5) is 5.82 Å². The number of aryl methyl sites for hydroxylation is 1. The van der Waals surface area contributed by atoms with Crippen LogP contribution in [0.3, 0.4) is 0 Å². The van der Waals surface area contributed by atoms with Crippen molar-refractivity contribution in [2.24, 2.45) is 11.8 Å². The number of hydrogen-bond donors (Lipinski definition) is 0. The van der Waals surface area contributed by atoms with E-state index in [0.717, 1.165) is 51.1 Å². The summed E-state index contributed by atoms with van der Waals surface area (Å²) in [5.41, 5.74) is 3.32. The lowest BCUT2D eigenvalue weighted by Gasteiger charge is -2.35. The van der Waals surface area contributed by atoms with E-state index in [-0.39, 0.29) is 5.78 Å². The number of carbonyl (C=O) groups excluding carboxylic acids is 1. The van der Waals surface area contributed by atoms with E-state index < -0.39 is 5.41 Å². The number of aromatic nitrogens is 2. The summed E-state index contributed by atoms with van der Waals surface area (Å²) in [6, 6.07) is 30.9. The van der Waals surface area contributed by atoms with Crippen LogP contribution in [-0.2, 0) is 10.2 Å². The van der Waals surface area contributed by atoms with Crippen LogP contribution in [0.25, 0.3) is 10.9 Å². The number of Topliss-reactive ketones (excluding diaryl/α,β-unsaturated/α-hetero) is 1. The molecule has 0 aliphatic heterocycles. The average molecular weight is 703 g/mol. The molecule has 1 aliphatic rings. The Bertz CT molecular complexity index is 1640. The average Bonchev–Trinajstić information content (AvgIpc) is 3.06. The summed E-state index contributed by atoms with van der Waals surface area (Å²) in [4.78, 5) is 23.1. The van der Waals surface area contributed by atoms with E-state index >= 15 is 0 Å². The van der Waals surface area contributed by atoms with Crippen LogP contribution in [-0.4, -0.2) is 29.8 Å². The highest BCUT2D eigenvalue weighted by Crippen LogP contribution is 2.43. The van der Waals surface area contributed by atoms with Crippen LogP contribution in [0.1, 0.15) is 75.4 Å². The van der Waals surface area contributed by atoms with Crippen molar-refractivity contribution in [2.45, 2.75) is 65.2 Å². The van der Waals surface area contributed by atoms with Crippen molar-refractivity contribution in [1.82, 2.24) is 9.97 Å². The maximum Gasteiger partial charge on any atom is 0.139 e. The molecule has 1 saturated carbocycles. The topological polar surface area (TPSA) is 46.1 Å². The second-order valence-corrected chi connectivity index (χ2v) is 14.5. The maximum absolute atomic E-state index is 12.3. The fourth-order valence-corrected chi connectivity index (χ4v) is 6.70. The molecule has 0 atom stereocenters. The molecular formula is C41H46Cl3N3O. The Morgan fingerprint density at radius 2 is 1.08 bits per heavy atom. The number of halogens is 3. The number of rotatable bonds is 6. The molecular weight excluding hydrogens is 657 g/mol. The van der Waals surface area contributed by atoms with Crippen molar-refractivity contribution in [3.05, 3.63) is 135 Å². The van der Waals surface area contributed by atoms with Gasteiger partial charge < -0.3 is 4.90 Å². The third kappa shape index (κ3) is 9.81. The van der Waals surface area contributed by atoms with Gasteiger partial charge >= 0.3 is 0 Å². The van der Waals surface area contributed by atoms with Gasteiger partial charge in [0.25, 0.3) is 0 Å². The van der Waals surface area contributed by atoms with Gasteiger partial charge in [0.2, 0.25) is 0 Å². The molecule has 4 nitrogen and oxygen atoms in total. The summed E-state index contributed by atoms with van der Waals surface area (Å²) < 4.78 is 0. The predicted octanol–water partition coefficient (Wildman–Crippen LogP) is 11.8. The first-order valence-electron chi connectivity index (χ1n) is 16.6. The molecule has 0 N–H and O–H groups in total. The second-order valence-electron chi connectivity index (χ2n) is 13.2. The summed E-state index contributed by atoms with van der Waals surface area (Å²) in [6.07, 6.45) is 6.21. The zero-order chi connectivity index (χ0) is 34.8. The molecule has 4 aromatic carbocycles. The predicted molar refractivity (Wildman–Crippen MR) is 205 cm³/mol. The number of fused-ring (bicyclic) bond motifs is 1. The quantitative estimate of drug-likeness (QED) is 0.165. The molecule has 1 heterocycles. The van der Waals surface area contributed by atoms with Gasteiger partial charge in [-0.25, -0.2) is 9.97 Å². The molecule has 0 bridgehead atoms. The van der Waals surface area contributed by atoms with Crippen molar-refractivity contribution >= 4 is 57.3 Å². The van der Waals surface area contributed by atoms with Gasteiger partial charge in [0.05, 0.1) is 10.9 Å². The zero-order valence-electron chi connectivity index (χ0n) is 28.8. The van der Waals surface area contributed by atoms with E-state index in [1.165, 1.54) is 25.7 Å². The minimum Gasteiger partial charge on any atom is -0.362 e. The number of anilines is 1. The summed E-state index contributed by atoms with van der Waals surface area (Å²) in [5, 5.41) is 3.05. The van der Waals surface area contributed by atoms with Crippen LogP contribution in [0.15, 0.2) is 97.1 Å². The van der Waals surface area contributed by atoms with Crippen LogP contribution in [0.2, 0.25) is 15.1 Å². The SMILES string of the molecule is CC(=O)CC(c1ccc(Cl)cc1)(c1ccc(Cl)cc1)c1ccc(Cl)cc1.CC1CCC(C)CC1.Cc1nc(N(C)C)c2ccccc2n1. The fourth-order valence-electron chi connectivity index (χ4n) is 6.32. The molecule has 0 amide bonds. The van der Waals surface area contributed by atoms with Gasteiger partial charge in [-0.3, -0.25) is 4.79 Å². The summed E-state index contributed by atoms with van der Waals surface area (Å²) >= 11 is 18.3. The molecule has 6 rings (SSSR count). The first kappa shape index (κ1) is 37.4. The maximum atomic E-state index is 12.3. The molecule has 252 valence electrons. The molecule has 7 heteroatoms. The van der Waals surface area contributed by atoms with E-state index in [1.807, 2.05) is 123 Å². The third-order valence-electron chi connectivity index (χ3n) is 8.95. The van der Waals surface area contributed by atoms with Gasteiger partial charge in [0, 0.05) is 41.0 Å². The number of hydrogen-bond acceptors (Lipinski definition) is 4. The normalized spacial score (nSPS) is 15.9. The first-order chi connectivity index (χ1) is 22.9. The largest absolute Gasteiger partial charge is 0.362 e. The van der Waals surface area contributed by atoms with E-state index in [4.69, 9.17) is 34.8 Å². The van der Waals surface area contributed by atoms with Gasteiger partial charge in [0.15, 0.2) is 0 Å². The molecule has 48 heavy (non-hydrogen) atoms. The number of ketones is 1. The Hall–Kier alpha value is -3.44. The Morgan fingerprint density at radius 3 is 1.46 bits per heavy atom. The van der Waals surface area contributed by atoms with Crippen molar-refractivity contribution in [2.75, 3.05) is 19.0 Å². The van der Waals surface area contributed by atoms with Crippen molar-refractivity contribution < 1.29 is 4.79 Å². The Kier molecular flexibility index (Phi) is 13.5. The van der Waals surface area contributed by atoms with Crippen molar-refractivity contribution in [3.8, 4) is 0 Å². The Balaban J connectivity index is 0.000000195. The van der Waals surface area contributed by atoms with Crippen molar-refractivity contribution in [1.29, 1.82) is 0 Å². The van der Waals surface area contributed by atoms with Crippen LogP contribution >= 0.6 is 34.8 Å². The van der Waals surface area contributed by atoms with E-state index in [9.17, 15) is 4.79 Å². The van der Waals surface area contributed by atoms with Crippen LogP contribution in [0.5, 0.6) is 0 Å². The van der Waals surface area contributed by atoms with Gasteiger partial charge in [-0.15, -0.1) is 0 Å². The minimum atomic E-state index is -0.647. The van der Waals surface area contributed by atoms with Gasteiger partial charge in [-0.2, -0.15) is 0 Å². The molecule has 0 saturated heterocycles. The smallest absolute Gasteiger partial charge is 0.139 e. The van der Waals surface area contributed by atoms with E-state index in [1.54, 1.807) is 6.92 Å². The molecule has 1 aliphatic carbocycles. The van der Waals surface area contributed by atoms with Crippen LogP contribution in [0, 0.1) is 18.8 Å². The lowest BCUT2D eigenvalue weighted by molar-refractivity contribution is -0.117. The molecule has 1 aromatic heterocycles. The first-order valence-corrected chi connectivity index (χ1v) is 17.7. The van der Waals surface area contributed by atoms with Gasteiger partial charge in [-0.05, 0) is 90.9 Å². The fraction of sp³-hybridized carbons (Fsp3) is 0.341. The Labute approximate surface area is 301 Å². The Morgan fingerprint density at radius 1 is 0.688 bits per heavy atom. The highest BCUT2D eigenvalue weighted by atomic mass is 35.5. The molecule has 5 aromatic rings. The molecule has 1 fully saturated rings. The molecule has 0 radical (unpaired) electrons.